The SMILES string of the molecule is C#Cc1cccc(OCC2CN(C(=S)Nc3c(C)csc3C(=O)OC)CCO2)c1. The smallest absolute Gasteiger partial charge is 0.350 e. The summed E-state index contributed by atoms with van der Waals surface area (Å²) in [6, 6.07) is 7.40. The molecule has 1 fully saturated rings. The van der Waals surface area contributed by atoms with Gasteiger partial charge in [-0.05, 0) is 48.3 Å². The highest BCUT2D eigenvalue weighted by atomic mass is 32.1. The highest BCUT2D eigenvalue weighted by molar-refractivity contribution is 7.80. The number of esters is 1. The molecule has 1 unspecified atom stereocenters. The van der Waals surface area contributed by atoms with Crippen molar-refractivity contribution in [2.45, 2.75) is 13.0 Å². The molecular formula is C21H22N2O4S2. The van der Waals surface area contributed by atoms with Crippen molar-refractivity contribution in [1.29, 1.82) is 0 Å². The third-order valence-corrected chi connectivity index (χ3v) is 5.88. The lowest BCUT2D eigenvalue weighted by Gasteiger charge is -2.34. The number of ether oxygens (including phenoxy) is 3. The number of carbonyl (C=O) groups is 1. The van der Waals surface area contributed by atoms with Crippen LogP contribution >= 0.6 is 23.6 Å². The molecule has 1 aromatic heterocycles. The Morgan fingerprint density at radius 3 is 3.10 bits per heavy atom. The van der Waals surface area contributed by atoms with Gasteiger partial charge in [0.2, 0.25) is 0 Å². The minimum Gasteiger partial charge on any atom is -0.491 e. The lowest BCUT2D eigenvalue weighted by Crippen LogP contribution is -2.49. The van der Waals surface area contributed by atoms with E-state index in [1.165, 1.54) is 18.4 Å². The summed E-state index contributed by atoms with van der Waals surface area (Å²) in [4.78, 5) is 14.5. The van der Waals surface area contributed by atoms with Gasteiger partial charge in [0.15, 0.2) is 5.11 Å². The molecule has 1 atom stereocenters. The largest absolute Gasteiger partial charge is 0.491 e. The van der Waals surface area contributed by atoms with Crippen LogP contribution in [0.15, 0.2) is 29.6 Å². The number of nitrogens with one attached hydrogen (secondary N) is 1. The van der Waals surface area contributed by atoms with Crippen LogP contribution in [0.25, 0.3) is 0 Å². The van der Waals surface area contributed by atoms with Gasteiger partial charge in [0, 0.05) is 18.7 Å². The fraction of sp³-hybridized carbons (Fsp3) is 0.333. The van der Waals surface area contributed by atoms with Crippen LogP contribution in [0.1, 0.15) is 20.8 Å². The second kappa shape index (κ2) is 9.74. The van der Waals surface area contributed by atoms with Crippen LogP contribution in [0.2, 0.25) is 0 Å². The molecule has 0 spiro atoms. The van der Waals surface area contributed by atoms with Crippen molar-refractivity contribution in [1.82, 2.24) is 4.90 Å². The number of methoxy groups -OCH3 is 1. The average molecular weight is 431 g/mol. The normalized spacial score (nSPS) is 16.0. The molecule has 0 saturated carbocycles. The van der Waals surface area contributed by atoms with Gasteiger partial charge in [-0.1, -0.05) is 12.0 Å². The van der Waals surface area contributed by atoms with Crippen LogP contribution in [0.3, 0.4) is 0 Å². The van der Waals surface area contributed by atoms with Crippen molar-refractivity contribution in [3.05, 3.63) is 45.6 Å². The summed E-state index contributed by atoms with van der Waals surface area (Å²) in [5.41, 5.74) is 2.41. The molecule has 0 bridgehead atoms. The number of anilines is 1. The fourth-order valence-corrected chi connectivity index (χ4v) is 4.09. The summed E-state index contributed by atoms with van der Waals surface area (Å²) in [6.07, 6.45) is 5.29. The van der Waals surface area contributed by atoms with Gasteiger partial charge < -0.3 is 24.4 Å². The first-order chi connectivity index (χ1) is 14.0. The van der Waals surface area contributed by atoms with E-state index in [0.717, 1.165) is 11.1 Å². The number of hydrogen-bond acceptors (Lipinski definition) is 6. The zero-order chi connectivity index (χ0) is 20.8. The first-order valence-electron chi connectivity index (χ1n) is 9.05. The quantitative estimate of drug-likeness (QED) is 0.444. The van der Waals surface area contributed by atoms with E-state index in [-0.39, 0.29) is 12.1 Å². The van der Waals surface area contributed by atoms with E-state index in [9.17, 15) is 4.79 Å². The zero-order valence-corrected chi connectivity index (χ0v) is 17.9. The molecule has 1 aliphatic rings. The summed E-state index contributed by atoms with van der Waals surface area (Å²) >= 11 is 6.91. The molecule has 1 N–H and O–H groups in total. The topological polar surface area (TPSA) is 60.0 Å². The Balaban J connectivity index is 1.59. The monoisotopic (exact) mass is 430 g/mol. The predicted octanol–water partition coefficient (Wildman–Crippen LogP) is 3.30. The van der Waals surface area contributed by atoms with E-state index in [1.807, 2.05) is 41.5 Å². The summed E-state index contributed by atoms with van der Waals surface area (Å²) in [5.74, 6) is 2.92. The van der Waals surface area contributed by atoms with Crippen LogP contribution in [-0.4, -0.2) is 55.5 Å². The lowest BCUT2D eigenvalue weighted by molar-refractivity contribution is -0.0280. The van der Waals surface area contributed by atoms with Gasteiger partial charge in [-0.2, -0.15) is 0 Å². The molecule has 2 aromatic rings. The van der Waals surface area contributed by atoms with E-state index in [4.69, 9.17) is 32.9 Å². The maximum absolute atomic E-state index is 12.0. The Hall–Kier alpha value is -2.60. The molecule has 2 heterocycles. The average Bonchev–Trinajstić information content (AvgIpc) is 3.12. The van der Waals surface area contributed by atoms with Crippen LogP contribution in [-0.2, 0) is 9.47 Å². The standard InChI is InChI=1S/C21H22N2O4S2/c1-4-15-6-5-7-16(10-15)27-12-17-11-23(8-9-26-17)21(28)22-18-14(2)13-29-19(18)20(24)25-3/h1,5-7,10,13,17H,8-9,11-12H2,2-3H3,(H,22,28). The lowest BCUT2D eigenvalue weighted by atomic mass is 10.2. The predicted molar refractivity (Wildman–Crippen MR) is 118 cm³/mol. The second-order valence-corrected chi connectivity index (χ2v) is 7.73. The molecule has 8 heteroatoms. The minimum atomic E-state index is -0.379. The molecule has 1 aromatic carbocycles. The number of nitrogens with zero attached hydrogens (tertiary/aromatic N) is 1. The number of thiophene rings is 1. The van der Waals surface area contributed by atoms with Crippen LogP contribution in [0.4, 0.5) is 5.69 Å². The van der Waals surface area contributed by atoms with Gasteiger partial charge in [0.25, 0.3) is 0 Å². The number of benzene rings is 1. The number of hydrogen-bond donors (Lipinski definition) is 1. The number of morpholine rings is 1. The van der Waals surface area contributed by atoms with Crippen molar-refractivity contribution in [2.24, 2.45) is 0 Å². The summed E-state index contributed by atoms with van der Waals surface area (Å²) in [7, 11) is 1.37. The van der Waals surface area contributed by atoms with Gasteiger partial charge in [-0.25, -0.2) is 4.79 Å². The van der Waals surface area contributed by atoms with E-state index >= 15 is 0 Å². The maximum atomic E-state index is 12.0. The number of carbonyl (C=O) groups excluding carboxylic acids is 1. The van der Waals surface area contributed by atoms with E-state index in [1.54, 1.807) is 0 Å². The Bertz CT molecular complexity index is 935. The van der Waals surface area contributed by atoms with E-state index < -0.39 is 0 Å². The number of aryl methyl sites for hydroxylation is 1. The Labute approximate surface area is 179 Å². The molecule has 0 aliphatic carbocycles. The molecule has 0 radical (unpaired) electrons. The maximum Gasteiger partial charge on any atom is 0.350 e. The molecule has 1 aliphatic heterocycles. The Morgan fingerprint density at radius 2 is 2.34 bits per heavy atom. The van der Waals surface area contributed by atoms with Crippen molar-refractivity contribution >= 4 is 40.3 Å². The van der Waals surface area contributed by atoms with Gasteiger partial charge >= 0.3 is 5.97 Å². The molecule has 0 amide bonds. The number of rotatable bonds is 5. The Kier molecular flexibility index (Phi) is 7.09. The van der Waals surface area contributed by atoms with Crippen LogP contribution < -0.4 is 10.1 Å². The van der Waals surface area contributed by atoms with E-state index in [2.05, 4.69) is 11.2 Å². The molecule has 29 heavy (non-hydrogen) atoms. The molecule has 1 saturated heterocycles. The van der Waals surface area contributed by atoms with Gasteiger partial charge in [-0.3, -0.25) is 0 Å². The van der Waals surface area contributed by atoms with Gasteiger partial charge in [-0.15, -0.1) is 17.8 Å². The van der Waals surface area contributed by atoms with Crippen molar-refractivity contribution in [3.8, 4) is 18.1 Å². The fourth-order valence-electron chi connectivity index (χ4n) is 2.90. The molecule has 152 valence electrons. The third-order valence-electron chi connectivity index (χ3n) is 4.44. The van der Waals surface area contributed by atoms with Gasteiger partial charge in [0.1, 0.15) is 23.3 Å². The molecule has 3 rings (SSSR count). The molecule has 6 nitrogen and oxygen atoms in total. The zero-order valence-electron chi connectivity index (χ0n) is 16.3. The third kappa shape index (κ3) is 5.26. The second-order valence-electron chi connectivity index (χ2n) is 6.47. The number of terminal acetylenes is 1. The first kappa shape index (κ1) is 21.1. The molecular weight excluding hydrogens is 408 g/mol. The van der Waals surface area contributed by atoms with Crippen LogP contribution in [0.5, 0.6) is 5.75 Å². The minimum absolute atomic E-state index is 0.137. The van der Waals surface area contributed by atoms with E-state index in [0.29, 0.717) is 47.7 Å². The van der Waals surface area contributed by atoms with Crippen molar-refractivity contribution in [2.75, 3.05) is 38.7 Å². The number of thiocarbonyl (C=S) groups is 1. The van der Waals surface area contributed by atoms with Crippen LogP contribution in [0, 0.1) is 19.3 Å². The van der Waals surface area contributed by atoms with Gasteiger partial charge in [0.05, 0.1) is 19.4 Å². The Morgan fingerprint density at radius 1 is 1.52 bits per heavy atom. The highest BCUT2D eigenvalue weighted by Gasteiger charge is 2.25. The summed E-state index contributed by atoms with van der Waals surface area (Å²) < 4.78 is 16.5. The van der Waals surface area contributed by atoms with Crippen molar-refractivity contribution < 1.29 is 19.0 Å². The summed E-state index contributed by atoms with van der Waals surface area (Å²) in [6.45, 7) is 4.09. The summed E-state index contributed by atoms with van der Waals surface area (Å²) in [5, 5.41) is 5.64. The first-order valence-corrected chi connectivity index (χ1v) is 10.3. The highest BCUT2D eigenvalue weighted by Crippen LogP contribution is 2.28. The van der Waals surface area contributed by atoms with Crippen molar-refractivity contribution in [3.63, 3.8) is 0 Å².